The summed E-state index contributed by atoms with van der Waals surface area (Å²) >= 11 is 0. The van der Waals surface area contributed by atoms with Crippen molar-refractivity contribution < 1.29 is 19.1 Å². The third kappa shape index (κ3) is 4.85. The summed E-state index contributed by atoms with van der Waals surface area (Å²) in [4.78, 5) is 26.0. The van der Waals surface area contributed by atoms with Crippen LogP contribution in [-0.2, 0) is 14.3 Å². The third-order valence-electron chi connectivity index (χ3n) is 3.88. The molecule has 1 aromatic rings. The Morgan fingerprint density at radius 1 is 1.23 bits per heavy atom. The Kier molecular flexibility index (Phi) is 6.04. The molecule has 26 heavy (non-hydrogen) atoms. The van der Waals surface area contributed by atoms with Crippen molar-refractivity contribution in [3.05, 3.63) is 41.0 Å². The van der Waals surface area contributed by atoms with E-state index < -0.39 is 11.6 Å². The topological polar surface area (TPSA) is 79.6 Å². The van der Waals surface area contributed by atoms with E-state index in [1.165, 1.54) is 0 Å². The lowest BCUT2D eigenvalue weighted by Gasteiger charge is -2.20. The zero-order valence-corrected chi connectivity index (χ0v) is 15.7. The number of ether oxygens (including phenoxy) is 2. The average molecular weight is 356 g/mol. The number of carbonyl (C=O) groups is 2. The van der Waals surface area contributed by atoms with Gasteiger partial charge < -0.3 is 14.4 Å². The highest BCUT2D eigenvalue weighted by Crippen LogP contribution is 2.26. The highest BCUT2D eigenvalue weighted by molar-refractivity contribution is 5.94. The highest BCUT2D eigenvalue weighted by atomic mass is 16.6. The van der Waals surface area contributed by atoms with E-state index in [0.29, 0.717) is 25.1 Å². The van der Waals surface area contributed by atoms with Crippen molar-refractivity contribution in [3.8, 4) is 6.07 Å². The van der Waals surface area contributed by atoms with Crippen LogP contribution in [0.5, 0.6) is 0 Å². The van der Waals surface area contributed by atoms with E-state index in [1.807, 2.05) is 39.0 Å². The maximum Gasteiger partial charge on any atom is 0.348 e. The average Bonchev–Trinajstić information content (AvgIpc) is 3.04. The third-order valence-corrected chi connectivity index (χ3v) is 3.88. The molecule has 0 saturated carbocycles. The van der Waals surface area contributed by atoms with Crippen molar-refractivity contribution in [1.29, 1.82) is 5.26 Å². The van der Waals surface area contributed by atoms with E-state index >= 15 is 0 Å². The molecule has 0 amide bonds. The molecule has 1 aliphatic rings. The first-order valence-corrected chi connectivity index (χ1v) is 8.62. The summed E-state index contributed by atoms with van der Waals surface area (Å²) in [6.45, 7) is 8.63. The predicted octanol–water partition coefficient (Wildman–Crippen LogP) is 3.24. The van der Waals surface area contributed by atoms with Crippen molar-refractivity contribution in [3.63, 3.8) is 0 Å². The SMILES string of the molecule is CCOC(=O)/C(C#N)=C1\CCN(c2ccc(C(=O)OC(C)(C)C)cc2)C1. The van der Waals surface area contributed by atoms with Gasteiger partial charge in [-0.05, 0) is 64.0 Å². The number of nitriles is 1. The van der Waals surface area contributed by atoms with Gasteiger partial charge in [0.2, 0.25) is 0 Å². The molecule has 6 heteroatoms. The van der Waals surface area contributed by atoms with Crippen LogP contribution in [0.3, 0.4) is 0 Å². The Balaban J connectivity index is 2.11. The van der Waals surface area contributed by atoms with Crippen molar-refractivity contribution in [2.24, 2.45) is 0 Å². The molecule has 0 N–H and O–H groups in total. The van der Waals surface area contributed by atoms with Gasteiger partial charge in [-0.15, -0.1) is 0 Å². The van der Waals surface area contributed by atoms with Gasteiger partial charge in [-0.25, -0.2) is 9.59 Å². The van der Waals surface area contributed by atoms with Crippen LogP contribution in [0.1, 0.15) is 44.5 Å². The molecule has 0 spiro atoms. The van der Waals surface area contributed by atoms with Gasteiger partial charge in [0.1, 0.15) is 17.2 Å². The largest absolute Gasteiger partial charge is 0.462 e. The van der Waals surface area contributed by atoms with Crippen LogP contribution in [0.2, 0.25) is 0 Å². The first-order valence-electron chi connectivity index (χ1n) is 8.62. The number of hydrogen-bond acceptors (Lipinski definition) is 6. The van der Waals surface area contributed by atoms with Gasteiger partial charge in [0.15, 0.2) is 0 Å². The van der Waals surface area contributed by atoms with E-state index in [4.69, 9.17) is 9.47 Å². The summed E-state index contributed by atoms with van der Waals surface area (Å²) in [5.74, 6) is -0.924. The zero-order chi connectivity index (χ0) is 19.3. The number of hydrogen-bond donors (Lipinski definition) is 0. The van der Waals surface area contributed by atoms with Gasteiger partial charge in [0.05, 0.1) is 12.2 Å². The minimum absolute atomic E-state index is 0.0970. The molecule has 0 atom stereocenters. The fourth-order valence-electron chi connectivity index (χ4n) is 2.70. The lowest BCUT2D eigenvalue weighted by atomic mass is 10.1. The summed E-state index contributed by atoms with van der Waals surface area (Å²) in [5, 5.41) is 9.25. The van der Waals surface area contributed by atoms with Gasteiger partial charge >= 0.3 is 11.9 Å². The number of carbonyl (C=O) groups excluding carboxylic acids is 2. The first-order chi connectivity index (χ1) is 12.2. The number of rotatable bonds is 4. The smallest absolute Gasteiger partial charge is 0.348 e. The maximum absolute atomic E-state index is 12.1. The van der Waals surface area contributed by atoms with Crippen molar-refractivity contribution in [2.75, 3.05) is 24.6 Å². The summed E-state index contributed by atoms with van der Waals surface area (Å²) in [5.41, 5.74) is 1.75. The van der Waals surface area contributed by atoms with Gasteiger partial charge in [0.25, 0.3) is 0 Å². The fourth-order valence-corrected chi connectivity index (χ4v) is 2.70. The molecular weight excluding hydrogens is 332 g/mol. The van der Waals surface area contributed by atoms with E-state index in [9.17, 15) is 14.9 Å². The Labute approximate surface area is 154 Å². The minimum atomic E-state index is -0.563. The summed E-state index contributed by atoms with van der Waals surface area (Å²) in [6, 6.07) is 9.10. The van der Waals surface area contributed by atoms with E-state index in [2.05, 4.69) is 4.90 Å². The van der Waals surface area contributed by atoms with E-state index in [-0.39, 0.29) is 18.1 Å². The second kappa shape index (κ2) is 8.05. The second-order valence-corrected chi connectivity index (χ2v) is 7.03. The van der Waals surface area contributed by atoms with Gasteiger partial charge in [-0.2, -0.15) is 5.26 Å². The molecule has 1 saturated heterocycles. The molecule has 0 aliphatic carbocycles. The Hall–Kier alpha value is -2.81. The van der Waals surface area contributed by atoms with Crippen molar-refractivity contribution >= 4 is 17.6 Å². The lowest BCUT2D eigenvalue weighted by molar-refractivity contribution is -0.138. The lowest BCUT2D eigenvalue weighted by Crippen LogP contribution is -2.24. The van der Waals surface area contributed by atoms with Crippen LogP contribution in [0.4, 0.5) is 5.69 Å². The van der Waals surface area contributed by atoms with Crippen LogP contribution in [0.25, 0.3) is 0 Å². The van der Waals surface area contributed by atoms with Crippen LogP contribution < -0.4 is 4.90 Å². The van der Waals surface area contributed by atoms with E-state index in [0.717, 1.165) is 11.3 Å². The monoisotopic (exact) mass is 356 g/mol. The number of anilines is 1. The quantitative estimate of drug-likeness (QED) is 0.468. The van der Waals surface area contributed by atoms with Crippen LogP contribution in [0, 0.1) is 11.3 Å². The zero-order valence-electron chi connectivity index (χ0n) is 15.7. The molecule has 0 radical (unpaired) electrons. The van der Waals surface area contributed by atoms with Crippen LogP contribution in [0.15, 0.2) is 35.4 Å². The van der Waals surface area contributed by atoms with Gasteiger partial charge in [0, 0.05) is 18.8 Å². The minimum Gasteiger partial charge on any atom is -0.462 e. The molecule has 1 aliphatic heterocycles. The predicted molar refractivity (Wildman–Crippen MR) is 97.7 cm³/mol. The standard InChI is InChI=1S/C20H24N2O4/c1-5-25-19(24)17(12-21)15-10-11-22(13-15)16-8-6-14(7-9-16)18(23)26-20(2,3)4/h6-9H,5,10-11,13H2,1-4H3/b17-15+. The molecular formula is C20H24N2O4. The van der Waals surface area contributed by atoms with Crippen molar-refractivity contribution in [1.82, 2.24) is 0 Å². The molecule has 1 aromatic carbocycles. The number of benzene rings is 1. The summed E-state index contributed by atoms with van der Waals surface area (Å²) < 4.78 is 10.3. The van der Waals surface area contributed by atoms with Gasteiger partial charge in [-0.3, -0.25) is 0 Å². The number of nitrogens with zero attached hydrogens (tertiary/aromatic N) is 2. The Bertz CT molecular complexity index is 752. The molecule has 0 bridgehead atoms. The molecule has 138 valence electrons. The molecule has 2 rings (SSSR count). The Morgan fingerprint density at radius 2 is 1.88 bits per heavy atom. The highest BCUT2D eigenvalue weighted by Gasteiger charge is 2.25. The van der Waals surface area contributed by atoms with E-state index in [1.54, 1.807) is 19.1 Å². The van der Waals surface area contributed by atoms with Crippen LogP contribution in [-0.4, -0.2) is 37.2 Å². The molecule has 0 aromatic heterocycles. The van der Waals surface area contributed by atoms with Crippen LogP contribution >= 0.6 is 0 Å². The maximum atomic E-state index is 12.1. The van der Waals surface area contributed by atoms with Gasteiger partial charge in [-0.1, -0.05) is 0 Å². The molecule has 6 nitrogen and oxygen atoms in total. The number of esters is 2. The normalized spacial score (nSPS) is 16.0. The second-order valence-electron chi connectivity index (χ2n) is 7.03. The van der Waals surface area contributed by atoms with Crippen molar-refractivity contribution in [2.45, 2.75) is 39.7 Å². The molecule has 0 unspecified atom stereocenters. The fraction of sp³-hybridized carbons (Fsp3) is 0.450. The molecule has 1 heterocycles. The molecule has 1 fully saturated rings. The summed E-state index contributed by atoms with van der Waals surface area (Å²) in [7, 11) is 0. The Morgan fingerprint density at radius 3 is 2.42 bits per heavy atom. The first kappa shape index (κ1) is 19.5. The summed E-state index contributed by atoms with van der Waals surface area (Å²) in [6.07, 6.45) is 0.634.